The number of nitrogens with zero attached hydrogens (tertiary/aromatic N) is 6. The summed E-state index contributed by atoms with van der Waals surface area (Å²) in [6.07, 6.45) is 3.98. The quantitative estimate of drug-likeness (QED) is 0.794. The molecule has 2 saturated heterocycles. The molecular formula is C16H22N6O3. The molecule has 0 spiro atoms. The van der Waals surface area contributed by atoms with Crippen LogP contribution in [0.5, 0.6) is 0 Å². The highest BCUT2D eigenvalue weighted by Crippen LogP contribution is 2.19. The molecule has 2 aliphatic heterocycles. The van der Waals surface area contributed by atoms with Crippen LogP contribution < -0.4 is 0 Å². The number of β-amino-alcohol motifs (C(OH)–C–C–N with tert-alkyl or cyclic N) is 1. The number of tetrazole rings is 1. The molecule has 2 aliphatic rings. The van der Waals surface area contributed by atoms with Crippen molar-refractivity contribution in [3.8, 4) is 0 Å². The van der Waals surface area contributed by atoms with E-state index in [0.717, 1.165) is 25.9 Å². The van der Waals surface area contributed by atoms with E-state index in [1.807, 2.05) is 0 Å². The number of likely N-dealkylation sites (tertiary alicyclic amines) is 1. The lowest BCUT2D eigenvalue weighted by Gasteiger charge is -2.34. The third kappa shape index (κ3) is 3.48. The number of carbonyl (C=O) groups excluding carboxylic acids is 1. The Morgan fingerprint density at radius 3 is 3.00 bits per heavy atom. The molecule has 1 unspecified atom stereocenters. The molecule has 0 bridgehead atoms. The van der Waals surface area contributed by atoms with E-state index in [1.54, 1.807) is 23.2 Å². The first-order valence-electron chi connectivity index (χ1n) is 8.63. The Balaban J connectivity index is 1.52. The van der Waals surface area contributed by atoms with Crippen LogP contribution in [0.2, 0.25) is 0 Å². The molecule has 0 aliphatic carbocycles. The third-order valence-corrected chi connectivity index (χ3v) is 4.81. The second-order valence-electron chi connectivity index (χ2n) is 6.88. The first-order valence-corrected chi connectivity index (χ1v) is 8.63. The maximum absolute atomic E-state index is 12.9. The molecule has 0 aromatic carbocycles. The number of fused-ring (bicyclic) bond motifs is 1. The van der Waals surface area contributed by atoms with Gasteiger partial charge in [0.25, 0.3) is 5.91 Å². The molecular weight excluding hydrogens is 324 g/mol. The summed E-state index contributed by atoms with van der Waals surface area (Å²) >= 11 is 0. The molecule has 4 rings (SSSR count). The number of hydrogen-bond acceptors (Lipinski definition) is 7. The Morgan fingerprint density at radius 2 is 2.16 bits per heavy atom. The van der Waals surface area contributed by atoms with Crippen LogP contribution in [0.3, 0.4) is 0 Å². The van der Waals surface area contributed by atoms with Crippen molar-refractivity contribution in [3.05, 3.63) is 23.9 Å². The lowest BCUT2D eigenvalue weighted by atomic mass is 10.0. The van der Waals surface area contributed by atoms with Crippen molar-refractivity contribution < 1.29 is 14.6 Å². The fourth-order valence-corrected chi connectivity index (χ4v) is 3.60. The Labute approximate surface area is 145 Å². The van der Waals surface area contributed by atoms with Crippen molar-refractivity contribution in [2.75, 3.05) is 45.9 Å². The summed E-state index contributed by atoms with van der Waals surface area (Å²) in [5, 5.41) is 22.3. The van der Waals surface area contributed by atoms with E-state index < -0.39 is 5.60 Å². The minimum atomic E-state index is -1.04. The SMILES string of the molecule is O=C(c1ccn2nnnc2c1)N1CCOCC(O)(CN2CCCC2)C1. The molecule has 1 atom stereocenters. The second-order valence-corrected chi connectivity index (χ2v) is 6.88. The summed E-state index contributed by atoms with van der Waals surface area (Å²) in [6.45, 7) is 3.91. The van der Waals surface area contributed by atoms with Gasteiger partial charge in [0.1, 0.15) is 5.60 Å². The lowest BCUT2D eigenvalue weighted by Crippen LogP contribution is -2.53. The van der Waals surface area contributed by atoms with Crippen LogP contribution in [0.1, 0.15) is 23.2 Å². The number of aromatic nitrogens is 4. The van der Waals surface area contributed by atoms with Gasteiger partial charge in [-0.3, -0.25) is 4.79 Å². The number of aliphatic hydroxyl groups is 1. The van der Waals surface area contributed by atoms with E-state index in [1.165, 1.54) is 4.52 Å². The zero-order valence-corrected chi connectivity index (χ0v) is 14.0. The van der Waals surface area contributed by atoms with Crippen molar-refractivity contribution in [1.29, 1.82) is 0 Å². The largest absolute Gasteiger partial charge is 0.384 e. The standard InChI is InChI=1S/C16H22N6O3/c23-15(13-3-6-22-14(9-13)17-18-19-22)21-7-8-25-12-16(24,11-21)10-20-4-1-2-5-20/h3,6,9,24H,1-2,4-5,7-8,10-12H2. The molecule has 25 heavy (non-hydrogen) atoms. The number of amides is 1. The third-order valence-electron chi connectivity index (χ3n) is 4.81. The number of carbonyl (C=O) groups is 1. The molecule has 134 valence electrons. The fraction of sp³-hybridized carbons (Fsp3) is 0.625. The minimum absolute atomic E-state index is 0.143. The van der Waals surface area contributed by atoms with E-state index in [0.29, 0.717) is 30.9 Å². The summed E-state index contributed by atoms with van der Waals surface area (Å²) in [5.74, 6) is -0.143. The van der Waals surface area contributed by atoms with E-state index >= 15 is 0 Å². The van der Waals surface area contributed by atoms with Crippen molar-refractivity contribution in [2.45, 2.75) is 18.4 Å². The van der Waals surface area contributed by atoms with Crippen molar-refractivity contribution >= 4 is 11.6 Å². The van der Waals surface area contributed by atoms with Crippen LogP contribution in [0, 0.1) is 0 Å². The van der Waals surface area contributed by atoms with Gasteiger partial charge in [0, 0.05) is 24.8 Å². The smallest absolute Gasteiger partial charge is 0.254 e. The molecule has 2 fully saturated rings. The predicted molar refractivity (Wildman–Crippen MR) is 88.1 cm³/mol. The average Bonchev–Trinajstić information content (AvgIpc) is 3.23. The zero-order valence-electron chi connectivity index (χ0n) is 14.0. The molecule has 2 aromatic rings. The highest BCUT2D eigenvalue weighted by Gasteiger charge is 2.36. The van der Waals surface area contributed by atoms with Gasteiger partial charge in [-0.2, -0.15) is 0 Å². The molecule has 4 heterocycles. The maximum atomic E-state index is 12.9. The van der Waals surface area contributed by atoms with Gasteiger partial charge in [0.2, 0.25) is 0 Å². The number of hydrogen-bond donors (Lipinski definition) is 1. The van der Waals surface area contributed by atoms with Crippen LogP contribution in [-0.2, 0) is 4.74 Å². The summed E-state index contributed by atoms with van der Waals surface area (Å²) in [7, 11) is 0. The lowest BCUT2D eigenvalue weighted by molar-refractivity contribution is -0.0524. The summed E-state index contributed by atoms with van der Waals surface area (Å²) in [5.41, 5.74) is -0.0196. The molecule has 9 heteroatoms. The molecule has 0 saturated carbocycles. The van der Waals surface area contributed by atoms with Crippen LogP contribution in [0.25, 0.3) is 5.65 Å². The van der Waals surface area contributed by atoms with Gasteiger partial charge in [-0.25, -0.2) is 4.52 Å². The molecule has 1 amide bonds. The fourth-order valence-electron chi connectivity index (χ4n) is 3.60. The molecule has 2 aromatic heterocycles. The van der Waals surface area contributed by atoms with Gasteiger partial charge >= 0.3 is 0 Å². The highest BCUT2D eigenvalue weighted by molar-refractivity contribution is 5.95. The van der Waals surface area contributed by atoms with E-state index in [-0.39, 0.29) is 19.1 Å². The van der Waals surface area contributed by atoms with E-state index in [4.69, 9.17) is 4.74 Å². The number of pyridine rings is 1. The van der Waals surface area contributed by atoms with Crippen LogP contribution in [-0.4, -0.2) is 92.4 Å². The number of rotatable bonds is 3. The average molecular weight is 346 g/mol. The van der Waals surface area contributed by atoms with Crippen molar-refractivity contribution in [2.24, 2.45) is 0 Å². The monoisotopic (exact) mass is 346 g/mol. The van der Waals surface area contributed by atoms with Gasteiger partial charge in [-0.05, 0) is 48.5 Å². The molecule has 1 N–H and O–H groups in total. The maximum Gasteiger partial charge on any atom is 0.254 e. The molecule has 0 radical (unpaired) electrons. The Bertz CT molecular complexity index is 759. The van der Waals surface area contributed by atoms with Crippen LogP contribution in [0.15, 0.2) is 18.3 Å². The molecule has 9 nitrogen and oxygen atoms in total. The van der Waals surface area contributed by atoms with Crippen molar-refractivity contribution in [1.82, 2.24) is 29.8 Å². The van der Waals surface area contributed by atoms with E-state index in [9.17, 15) is 9.90 Å². The summed E-state index contributed by atoms with van der Waals surface area (Å²) < 4.78 is 7.09. The van der Waals surface area contributed by atoms with Crippen molar-refractivity contribution in [3.63, 3.8) is 0 Å². The van der Waals surface area contributed by atoms with Gasteiger partial charge < -0.3 is 19.6 Å². The first-order chi connectivity index (χ1) is 12.1. The summed E-state index contributed by atoms with van der Waals surface area (Å²) in [4.78, 5) is 16.8. The van der Waals surface area contributed by atoms with Crippen LogP contribution in [0.4, 0.5) is 0 Å². The van der Waals surface area contributed by atoms with Crippen LogP contribution >= 0.6 is 0 Å². The Kier molecular flexibility index (Phi) is 4.36. The van der Waals surface area contributed by atoms with Gasteiger partial charge in [-0.15, -0.1) is 5.10 Å². The highest BCUT2D eigenvalue weighted by atomic mass is 16.5. The number of ether oxygens (including phenoxy) is 1. The predicted octanol–water partition coefficient (Wildman–Crippen LogP) is -0.576. The topological polar surface area (TPSA) is 96.1 Å². The Morgan fingerprint density at radius 1 is 1.32 bits per heavy atom. The minimum Gasteiger partial charge on any atom is -0.384 e. The zero-order chi connectivity index (χ0) is 17.3. The second kappa shape index (κ2) is 6.66. The van der Waals surface area contributed by atoms with Gasteiger partial charge in [-0.1, -0.05) is 0 Å². The van der Waals surface area contributed by atoms with Gasteiger partial charge in [0.15, 0.2) is 5.65 Å². The van der Waals surface area contributed by atoms with Gasteiger partial charge in [0.05, 0.1) is 19.8 Å². The van der Waals surface area contributed by atoms with E-state index in [2.05, 4.69) is 20.4 Å². The normalized spacial score (nSPS) is 25.4. The Hall–Kier alpha value is -2.10. The summed E-state index contributed by atoms with van der Waals surface area (Å²) in [6, 6.07) is 3.35. The first kappa shape index (κ1) is 16.4.